The van der Waals surface area contributed by atoms with E-state index in [1.54, 1.807) is 35.7 Å². The van der Waals surface area contributed by atoms with Crippen LogP contribution in [0.25, 0.3) is 0 Å². The van der Waals surface area contributed by atoms with E-state index < -0.39 is 0 Å². The maximum absolute atomic E-state index is 13.0. The summed E-state index contributed by atoms with van der Waals surface area (Å²) in [6.07, 6.45) is 4.65. The topological polar surface area (TPSA) is 71.4 Å². The summed E-state index contributed by atoms with van der Waals surface area (Å²) < 4.78 is 18.6. The number of aryl methyl sites for hydroxylation is 1. The van der Waals surface area contributed by atoms with Crippen molar-refractivity contribution in [2.75, 3.05) is 6.54 Å². The summed E-state index contributed by atoms with van der Waals surface area (Å²) in [5, 5.41) is 7.58. The highest BCUT2D eigenvalue weighted by Crippen LogP contribution is 2.19. The molecule has 30 heavy (non-hydrogen) atoms. The number of ether oxygens (including phenoxy) is 1. The van der Waals surface area contributed by atoms with Gasteiger partial charge in [-0.15, -0.1) is 35.3 Å². The minimum absolute atomic E-state index is 0. The van der Waals surface area contributed by atoms with Crippen LogP contribution in [0.15, 0.2) is 53.8 Å². The van der Waals surface area contributed by atoms with Crippen molar-refractivity contribution in [1.29, 1.82) is 0 Å². The van der Waals surface area contributed by atoms with Crippen LogP contribution in [0.2, 0.25) is 0 Å². The third-order valence-corrected chi connectivity index (χ3v) is 5.10. The zero-order valence-corrected chi connectivity index (χ0v) is 20.0. The Bertz CT molecular complexity index is 931. The molecule has 0 saturated carbocycles. The second-order valence-electron chi connectivity index (χ2n) is 6.18. The van der Waals surface area contributed by atoms with Crippen LogP contribution in [0.4, 0.5) is 4.39 Å². The molecule has 0 unspecified atom stereocenters. The first kappa shape index (κ1) is 24.0. The van der Waals surface area contributed by atoms with E-state index in [0.717, 1.165) is 29.5 Å². The predicted octanol–water partition coefficient (Wildman–Crippen LogP) is 4.91. The number of aromatic nitrogens is 2. The van der Waals surface area contributed by atoms with E-state index in [4.69, 9.17) is 4.74 Å². The normalized spacial score (nSPS) is 11.0. The quantitative estimate of drug-likeness (QED) is 0.241. The summed E-state index contributed by atoms with van der Waals surface area (Å²) >= 11 is 1.71. The molecule has 0 spiro atoms. The summed E-state index contributed by atoms with van der Waals surface area (Å²) in [5.74, 6) is 1.42. The molecule has 6 nitrogen and oxygen atoms in total. The van der Waals surface area contributed by atoms with Crippen molar-refractivity contribution in [3.05, 3.63) is 70.1 Å². The van der Waals surface area contributed by atoms with Gasteiger partial charge in [-0.1, -0.05) is 13.0 Å². The van der Waals surface area contributed by atoms with E-state index in [0.29, 0.717) is 24.7 Å². The molecule has 1 aromatic carbocycles. The Labute approximate surface area is 197 Å². The number of hydrogen-bond acceptors (Lipinski definition) is 5. The molecular formula is C21H25FIN5OS. The number of aliphatic imine (C=N–C) groups is 1. The SMILES string of the molecule is CCNC(=NCc1ccc(Oc2ccc(F)cc2)nc1)NCc1ncc(CC)s1.I. The predicted molar refractivity (Wildman–Crippen MR) is 129 cm³/mol. The molecule has 3 rings (SSSR count). The molecule has 2 heterocycles. The van der Waals surface area contributed by atoms with Crippen molar-refractivity contribution >= 4 is 41.3 Å². The fourth-order valence-corrected chi connectivity index (χ4v) is 3.25. The largest absolute Gasteiger partial charge is 0.439 e. The van der Waals surface area contributed by atoms with E-state index in [9.17, 15) is 4.39 Å². The molecule has 0 amide bonds. The lowest BCUT2D eigenvalue weighted by Gasteiger charge is -2.10. The third kappa shape index (κ3) is 7.52. The molecule has 3 aromatic rings. The Kier molecular flexibility index (Phi) is 9.95. The third-order valence-electron chi connectivity index (χ3n) is 3.95. The molecule has 0 aliphatic heterocycles. The van der Waals surface area contributed by atoms with Crippen molar-refractivity contribution in [1.82, 2.24) is 20.6 Å². The first-order chi connectivity index (χ1) is 14.2. The Balaban J connectivity index is 0.00000320. The maximum atomic E-state index is 13.0. The molecule has 2 aromatic heterocycles. The van der Waals surface area contributed by atoms with Crippen LogP contribution < -0.4 is 15.4 Å². The van der Waals surface area contributed by atoms with Crippen LogP contribution in [0.5, 0.6) is 11.6 Å². The zero-order valence-electron chi connectivity index (χ0n) is 16.9. The first-order valence-corrected chi connectivity index (χ1v) is 10.3. The van der Waals surface area contributed by atoms with Crippen LogP contribution >= 0.6 is 35.3 Å². The lowest BCUT2D eigenvalue weighted by atomic mass is 10.3. The van der Waals surface area contributed by atoms with Crippen LogP contribution in [0.1, 0.15) is 29.3 Å². The molecule has 2 N–H and O–H groups in total. The molecular weight excluding hydrogens is 516 g/mol. The number of thiazole rings is 1. The molecule has 0 atom stereocenters. The van der Waals surface area contributed by atoms with Gasteiger partial charge in [-0.2, -0.15) is 0 Å². The van der Waals surface area contributed by atoms with E-state index in [1.165, 1.54) is 17.0 Å². The average Bonchev–Trinajstić information content (AvgIpc) is 3.21. The molecule has 9 heteroatoms. The molecule has 0 aliphatic rings. The van der Waals surface area contributed by atoms with Crippen molar-refractivity contribution in [3.8, 4) is 11.6 Å². The van der Waals surface area contributed by atoms with Gasteiger partial charge in [0.05, 0.1) is 13.1 Å². The highest BCUT2D eigenvalue weighted by Gasteiger charge is 2.04. The first-order valence-electron chi connectivity index (χ1n) is 9.50. The van der Waals surface area contributed by atoms with Crippen LogP contribution in [0, 0.1) is 5.82 Å². The van der Waals surface area contributed by atoms with Gasteiger partial charge in [-0.25, -0.2) is 19.4 Å². The van der Waals surface area contributed by atoms with Crippen molar-refractivity contribution in [2.45, 2.75) is 33.4 Å². The molecule has 160 valence electrons. The molecule has 0 radical (unpaired) electrons. The number of hydrogen-bond donors (Lipinski definition) is 2. The lowest BCUT2D eigenvalue weighted by molar-refractivity contribution is 0.461. The van der Waals surface area contributed by atoms with Crippen molar-refractivity contribution in [2.24, 2.45) is 4.99 Å². The second kappa shape index (κ2) is 12.4. The summed E-state index contributed by atoms with van der Waals surface area (Å²) in [7, 11) is 0. The number of benzene rings is 1. The lowest BCUT2D eigenvalue weighted by Crippen LogP contribution is -2.36. The van der Waals surface area contributed by atoms with Gasteiger partial charge in [-0.05, 0) is 43.2 Å². The Morgan fingerprint density at radius 1 is 1.07 bits per heavy atom. The molecule has 0 fully saturated rings. The number of rotatable bonds is 8. The summed E-state index contributed by atoms with van der Waals surface area (Å²) in [6.45, 7) is 6.04. The Morgan fingerprint density at radius 3 is 2.50 bits per heavy atom. The smallest absolute Gasteiger partial charge is 0.219 e. The van der Waals surface area contributed by atoms with Gasteiger partial charge in [0.25, 0.3) is 0 Å². The molecule has 0 saturated heterocycles. The monoisotopic (exact) mass is 541 g/mol. The number of nitrogens with one attached hydrogen (secondary N) is 2. The van der Waals surface area contributed by atoms with Gasteiger partial charge in [0, 0.05) is 29.9 Å². The van der Waals surface area contributed by atoms with Gasteiger partial charge in [0.2, 0.25) is 5.88 Å². The highest BCUT2D eigenvalue weighted by molar-refractivity contribution is 14.0. The second-order valence-corrected chi connectivity index (χ2v) is 7.38. The Morgan fingerprint density at radius 2 is 1.87 bits per heavy atom. The summed E-state index contributed by atoms with van der Waals surface area (Å²) in [4.78, 5) is 14.6. The van der Waals surface area contributed by atoms with Crippen LogP contribution in [-0.2, 0) is 19.5 Å². The highest BCUT2D eigenvalue weighted by atomic mass is 127. The number of halogens is 2. The minimum atomic E-state index is -0.302. The van der Waals surface area contributed by atoms with E-state index in [1.807, 2.05) is 19.2 Å². The van der Waals surface area contributed by atoms with Crippen molar-refractivity contribution < 1.29 is 9.13 Å². The number of guanidine groups is 1. The van der Waals surface area contributed by atoms with Crippen LogP contribution in [0.3, 0.4) is 0 Å². The van der Waals surface area contributed by atoms with E-state index in [-0.39, 0.29) is 29.8 Å². The van der Waals surface area contributed by atoms with E-state index >= 15 is 0 Å². The fraction of sp³-hybridized carbons (Fsp3) is 0.286. The zero-order chi connectivity index (χ0) is 20.5. The average molecular weight is 541 g/mol. The van der Waals surface area contributed by atoms with Crippen LogP contribution in [-0.4, -0.2) is 22.5 Å². The van der Waals surface area contributed by atoms with Gasteiger partial charge in [0.1, 0.15) is 16.6 Å². The summed E-state index contributed by atoms with van der Waals surface area (Å²) in [6, 6.07) is 9.51. The summed E-state index contributed by atoms with van der Waals surface area (Å²) in [5.41, 5.74) is 0.955. The van der Waals surface area contributed by atoms with Crippen molar-refractivity contribution in [3.63, 3.8) is 0 Å². The van der Waals surface area contributed by atoms with Gasteiger partial charge < -0.3 is 15.4 Å². The molecule has 0 bridgehead atoms. The Hall–Kier alpha value is -2.27. The number of nitrogens with zero attached hydrogens (tertiary/aromatic N) is 3. The van der Waals surface area contributed by atoms with Gasteiger partial charge in [0.15, 0.2) is 5.96 Å². The standard InChI is InChI=1S/C21H24FN5OS.HI/c1-3-18-13-25-20(29-18)14-27-21(23-4-2)26-12-15-5-10-19(24-11-15)28-17-8-6-16(22)7-9-17;/h5-11,13H,3-4,12,14H2,1-2H3,(H2,23,26,27);1H. The maximum Gasteiger partial charge on any atom is 0.219 e. The van der Waals surface area contributed by atoms with Gasteiger partial charge in [-0.3, -0.25) is 0 Å². The van der Waals surface area contributed by atoms with E-state index in [2.05, 4.69) is 32.5 Å². The molecule has 0 aliphatic carbocycles. The minimum Gasteiger partial charge on any atom is -0.439 e. The van der Waals surface area contributed by atoms with Gasteiger partial charge >= 0.3 is 0 Å². The number of pyridine rings is 1. The fourth-order valence-electron chi connectivity index (χ4n) is 2.45.